The van der Waals surface area contributed by atoms with E-state index in [4.69, 9.17) is 2.74 Å². The van der Waals surface area contributed by atoms with Gasteiger partial charge in [-0.2, -0.15) is 0 Å². The van der Waals surface area contributed by atoms with Crippen LogP contribution in [0.5, 0.6) is 0 Å². The molecule has 0 amide bonds. The molecular formula is C60H40N2. The summed E-state index contributed by atoms with van der Waals surface area (Å²) in [5.74, 6) is 0. The van der Waals surface area contributed by atoms with Gasteiger partial charge in [-0.3, -0.25) is 0 Å². The van der Waals surface area contributed by atoms with Gasteiger partial charge in [-0.25, -0.2) is 0 Å². The maximum atomic E-state index is 10.0. The fraction of sp³-hybridized carbons (Fsp3) is 0. The predicted molar refractivity (Wildman–Crippen MR) is 262 cm³/mol. The number of para-hydroxylation sites is 1. The third-order valence-corrected chi connectivity index (χ3v) is 12.0. The Morgan fingerprint density at radius 1 is 0.274 bits per heavy atom. The minimum atomic E-state index is -0.428. The van der Waals surface area contributed by atoms with E-state index in [-0.39, 0.29) is 57.6 Å². The Kier molecular flexibility index (Phi) is 6.95. The lowest BCUT2D eigenvalue weighted by Crippen LogP contribution is -1.94. The second kappa shape index (κ2) is 14.8. The molecule has 0 unspecified atom stereocenters. The second-order valence-electron chi connectivity index (χ2n) is 15.6. The van der Waals surface area contributed by atoms with E-state index in [1.54, 1.807) is 4.57 Å². The van der Waals surface area contributed by atoms with Crippen molar-refractivity contribution in [3.05, 3.63) is 242 Å². The van der Waals surface area contributed by atoms with Crippen LogP contribution in [0.15, 0.2) is 242 Å². The number of fused-ring (bicyclic) bond motifs is 6. The highest BCUT2D eigenvalue weighted by Crippen LogP contribution is 2.41. The third-order valence-electron chi connectivity index (χ3n) is 12.0. The van der Waals surface area contributed by atoms with Crippen LogP contribution >= 0.6 is 0 Å². The zero-order chi connectivity index (χ0) is 47.1. The maximum absolute atomic E-state index is 10.0. The molecule has 0 aliphatic carbocycles. The van der Waals surface area contributed by atoms with Gasteiger partial charge in [-0.05, 0) is 122 Å². The van der Waals surface area contributed by atoms with Gasteiger partial charge in [0, 0.05) is 32.9 Å². The van der Waals surface area contributed by atoms with Gasteiger partial charge >= 0.3 is 0 Å². The molecular weight excluding hydrogens is 749 g/mol. The SMILES string of the molecule is [2H]c1c([2H])c([2H])c2c(c1[2H])c1c([2H])c(-c3ccc4c(c3)c3cc(-c5ccccc5-c5ccccc5)ccc3n4-c3cccc(-c4ccccc4)c3)c([2H])c([2H])c1n2-c1cccc(-c2ccccc2)c1. The molecule has 0 saturated heterocycles. The van der Waals surface area contributed by atoms with Crippen LogP contribution in [0, 0.1) is 0 Å². The Morgan fingerprint density at radius 2 is 0.742 bits per heavy atom. The van der Waals surface area contributed by atoms with Crippen LogP contribution in [0.25, 0.3) is 111 Å². The lowest BCUT2D eigenvalue weighted by Gasteiger charge is -2.12. The average Bonchev–Trinajstić information content (AvgIpc) is 3.94. The zero-order valence-corrected chi connectivity index (χ0v) is 33.4. The summed E-state index contributed by atoms with van der Waals surface area (Å²) >= 11 is 0. The topological polar surface area (TPSA) is 9.86 Å². The molecule has 12 rings (SSSR count). The summed E-state index contributed by atoms with van der Waals surface area (Å²) in [4.78, 5) is 0. The fourth-order valence-corrected chi connectivity index (χ4v) is 9.06. The molecule has 0 N–H and O–H groups in total. The van der Waals surface area contributed by atoms with Crippen LogP contribution in [-0.4, -0.2) is 9.13 Å². The molecule has 0 aliphatic rings. The van der Waals surface area contributed by atoms with E-state index in [0.717, 1.165) is 72.0 Å². The van der Waals surface area contributed by atoms with Gasteiger partial charge in [0.1, 0.15) is 0 Å². The Hall–Kier alpha value is -8.20. The number of aromatic nitrogens is 2. The normalized spacial score (nSPS) is 13.1. The molecule has 12 aromatic rings. The number of hydrogen-bond donors (Lipinski definition) is 0. The first-order chi connectivity index (χ1) is 33.7. The van der Waals surface area contributed by atoms with Crippen molar-refractivity contribution in [1.82, 2.24) is 9.13 Å². The van der Waals surface area contributed by atoms with Crippen molar-refractivity contribution in [1.29, 1.82) is 0 Å². The first-order valence-corrected chi connectivity index (χ1v) is 20.8. The quantitative estimate of drug-likeness (QED) is 0.152. The number of benzene rings is 10. The molecule has 2 nitrogen and oxygen atoms in total. The highest BCUT2D eigenvalue weighted by Gasteiger charge is 2.18. The molecule has 10 aromatic carbocycles. The van der Waals surface area contributed by atoms with Crippen LogP contribution in [0.4, 0.5) is 0 Å². The lowest BCUT2D eigenvalue weighted by atomic mass is 9.93. The van der Waals surface area contributed by atoms with E-state index in [9.17, 15) is 6.85 Å². The van der Waals surface area contributed by atoms with Crippen molar-refractivity contribution in [3.8, 4) is 67.0 Å². The average molecular weight is 796 g/mol. The summed E-state index contributed by atoms with van der Waals surface area (Å²) in [6.45, 7) is 0. The van der Waals surface area contributed by atoms with Crippen molar-refractivity contribution in [2.75, 3.05) is 0 Å². The molecule has 2 heterocycles. The van der Waals surface area contributed by atoms with Gasteiger partial charge in [0.2, 0.25) is 0 Å². The molecule has 0 bridgehead atoms. The Labute approximate surface area is 370 Å². The molecule has 0 aliphatic heterocycles. The number of rotatable bonds is 7. The molecule has 0 radical (unpaired) electrons. The first kappa shape index (κ1) is 29.1. The van der Waals surface area contributed by atoms with E-state index < -0.39 is 12.1 Å². The smallest absolute Gasteiger partial charge is 0.0645 e. The molecule has 2 aromatic heterocycles. The molecule has 2 heteroatoms. The minimum absolute atomic E-state index is 0.0878. The molecule has 0 atom stereocenters. The zero-order valence-electron chi connectivity index (χ0n) is 40.4. The van der Waals surface area contributed by atoms with Crippen LogP contribution in [0.1, 0.15) is 9.60 Å². The maximum Gasteiger partial charge on any atom is 0.0645 e. The molecule has 0 spiro atoms. The van der Waals surface area contributed by atoms with E-state index >= 15 is 0 Å². The standard InChI is InChI=1S/C60H40N2/c1-4-16-41(17-5-1)44-22-14-24-49(36-44)61-57-29-13-12-28-53(57)54-38-46(30-33-58(54)61)47-31-34-59-55(39-47)56-40-48(52-27-11-10-26-51(52)43-20-8-3-9-21-43)32-35-60(56)62(59)50-25-15-23-45(37-50)42-18-6-2-7-19-42/h1-40H/i12D,13D,28D,29D,30D,33D,38D. The summed E-state index contributed by atoms with van der Waals surface area (Å²) in [5, 5.41) is 2.18. The number of hydrogen-bond acceptors (Lipinski definition) is 0. The van der Waals surface area contributed by atoms with Crippen molar-refractivity contribution in [3.63, 3.8) is 0 Å². The Bertz CT molecular complexity index is 4030. The third kappa shape index (κ3) is 6.04. The van der Waals surface area contributed by atoms with Crippen molar-refractivity contribution < 1.29 is 9.60 Å². The lowest BCUT2D eigenvalue weighted by molar-refractivity contribution is 1.18. The molecule has 290 valence electrons. The Balaban J connectivity index is 1.13. The molecule has 0 fully saturated rings. The summed E-state index contributed by atoms with van der Waals surface area (Å²) < 4.78 is 69.5. The van der Waals surface area contributed by atoms with Gasteiger partial charge in [0.05, 0.1) is 31.7 Å². The first-order valence-electron chi connectivity index (χ1n) is 24.3. The van der Waals surface area contributed by atoms with Crippen LogP contribution < -0.4 is 0 Å². The molecule has 0 saturated carbocycles. The summed E-state index contributed by atoms with van der Waals surface area (Å²) in [6.07, 6.45) is 0. The van der Waals surface area contributed by atoms with Crippen LogP contribution in [-0.2, 0) is 0 Å². The van der Waals surface area contributed by atoms with Crippen LogP contribution in [0.3, 0.4) is 0 Å². The highest BCUT2D eigenvalue weighted by atomic mass is 15.0. The van der Waals surface area contributed by atoms with E-state index in [1.807, 2.05) is 109 Å². The van der Waals surface area contributed by atoms with Gasteiger partial charge in [0.25, 0.3) is 0 Å². The van der Waals surface area contributed by atoms with Crippen molar-refractivity contribution in [2.24, 2.45) is 0 Å². The van der Waals surface area contributed by atoms with Crippen molar-refractivity contribution in [2.45, 2.75) is 0 Å². The highest BCUT2D eigenvalue weighted by molar-refractivity contribution is 6.13. The van der Waals surface area contributed by atoms with Gasteiger partial charge in [-0.15, -0.1) is 0 Å². The van der Waals surface area contributed by atoms with Gasteiger partial charge in [0.15, 0.2) is 0 Å². The predicted octanol–water partition coefficient (Wildman–Crippen LogP) is 16.2. The number of nitrogens with zero attached hydrogens (tertiary/aromatic N) is 2. The summed E-state index contributed by atoms with van der Waals surface area (Å²) in [7, 11) is 0. The largest absolute Gasteiger partial charge is 0.309 e. The van der Waals surface area contributed by atoms with Gasteiger partial charge < -0.3 is 9.13 Å². The summed E-state index contributed by atoms with van der Waals surface area (Å²) in [6, 6.07) is 65.5. The minimum Gasteiger partial charge on any atom is -0.309 e. The van der Waals surface area contributed by atoms with Crippen molar-refractivity contribution >= 4 is 43.6 Å². The van der Waals surface area contributed by atoms with E-state index in [2.05, 4.69) is 95.6 Å². The fourth-order valence-electron chi connectivity index (χ4n) is 9.06. The molecule has 62 heavy (non-hydrogen) atoms. The van der Waals surface area contributed by atoms with E-state index in [1.165, 1.54) is 0 Å². The summed E-state index contributed by atoms with van der Waals surface area (Å²) in [5.41, 5.74) is 12.8. The Morgan fingerprint density at radius 3 is 1.37 bits per heavy atom. The van der Waals surface area contributed by atoms with E-state index in [0.29, 0.717) is 11.3 Å². The monoisotopic (exact) mass is 795 g/mol. The van der Waals surface area contributed by atoms with Gasteiger partial charge in [-0.1, -0.05) is 176 Å². The second-order valence-corrected chi connectivity index (χ2v) is 15.6. The van der Waals surface area contributed by atoms with Crippen LogP contribution in [0.2, 0.25) is 0 Å².